The number of H-pyrrole nitrogens is 1. The van der Waals surface area contributed by atoms with Gasteiger partial charge in [-0.05, 0) is 59.4 Å². The Morgan fingerprint density at radius 2 is 2.18 bits per heavy atom. The lowest BCUT2D eigenvalue weighted by molar-refractivity contribution is -0.109. The smallest absolute Gasteiger partial charge is 0.254 e. The van der Waals surface area contributed by atoms with Gasteiger partial charge in [0.25, 0.3) is 5.91 Å². The van der Waals surface area contributed by atoms with Gasteiger partial charge >= 0.3 is 0 Å². The van der Waals surface area contributed by atoms with Crippen LogP contribution in [0.2, 0.25) is 0 Å². The second-order valence-electron chi connectivity index (χ2n) is 9.09. The topological polar surface area (TPSA) is 78.1 Å². The number of fused-ring (bicyclic) bond motifs is 2. The third kappa shape index (κ3) is 5.33. The van der Waals surface area contributed by atoms with E-state index < -0.39 is 0 Å². The van der Waals surface area contributed by atoms with Crippen LogP contribution >= 0.6 is 0 Å². The van der Waals surface area contributed by atoms with Crippen molar-refractivity contribution in [2.24, 2.45) is 11.8 Å². The molecular weight excluding hydrogens is 412 g/mol. The number of aromatic nitrogens is 2. The lowest BCUT2D eigenvalue weighted by atomic mass is 10.0. The van der Waals surface area contributed by atoms with Crippen LogP contribution in [-0.2, 0) is 11.2 Å². The van der Waals surface area contributed by atoms with Crippen LogP contribution in [0.1, 0.15) is 42.6 Å². The summed E-state index contributed by atoms with van der Waals surface area (Å²) in [5.74, 6) is 1.39. The number of carbonyl (C=O) groups excluding carboxylic acids is 2. The summed E-state index contributed by atoms with van der Waals surface area (Å²) in [5, 5.41) is 7.26. The number of benzene rings is 1. The zero-order chi connectivity index (χ0) is 23.2. The zero-order valence-corrected chi connectivity index (χ0v) is 19.4. The van der Waals surface area contributed by atoms with Gasteiger partial charge in [-0.1, -0.05) is 38.1 Å². The minimum Gasteiger partial charge on any atom is -0.361 e. The fourth-order valence-electron chi connectivity index (χ4n) is 4.60. The third-order valence-electron chi connectivity index (χ3n) is 6.43. The largest absolute Gasteiger partial charge is 0.361 e. The molecule has 0 saturated carbocycles. The van der Waals surface area contributed by atoms with Crippen LogP contribution < -0.4 is 15.9 Å². The Hall–Kier alpha value is -3.41. The van der Waals surface area contributed by atoms with E-state index in [2.05, 4.69) is 41.3 Å². The Kier molecular flexibility index (Phi) is 7.23. The molecule has 33 heavy (non-hydrogen) atoms. The number of nitrogens with one attached hydrogen (secondary N) is 2. The Balaban J connectivity index is 0.000000160. The standard InChI is InChI=1S/C15H16N2O.C12H16N2O/c1-11-6-8-17(10-11)15(18)14-4-2-3-12-9-16-7-5-13(12)14;1-9-2-3-11-10(4-5-13-8-15)7-14-12(11)6-9/h2-5,7,9,11H,6,8,10H2,1H3;3,6-9,14H,2,4-5H2,1H3,(H,13,15). The normalized spacial score (nSPS) is 19.0. The maximum atomic E-state index is 12.5. The lowest BCUT2D eigenvalue weighted by Crippen LogP contribution is -2.30. The van der Waals surface area contributed by atoms with Crippen LogP contribution in [-0.4, -0.2) is 46.8 Å². The molecule has 1 aliphatic heterocycles. The predicted octanol–water partition coefficient (Wildman–Crippen LogP) is 2.62. The van der Waals surface area contributed by atoms with Crippen LogP contribution in [0.4, 0.5) is 0 Å². The summed E-state index contributed by atoms with van der Waals surface area (Å²) < 4.78 is 0. The molecule has 2 aromatic heterocycles. The number of aromatic amines is 1. The van der Waals surface area contributed by atoms with Crippen molar-refractivity contribution in [2.45, 2.75) is 33.1 Å². The van der Waals surface area contributed by atoms with Crippen molar-refractivity contribution in [3.8, 4) is 0 Å². The minimum absolute atomic E-state index is 0.149. The molecule has 3 aromatic rings. The van der Waals surface area contributed by atoms with Crippen molar-refractivity contribution in [1.29, 1.82) is 0 Å². The molecule has 2 atom stereocenters. The van der Waals surface area contributed by atoms with Gasteiger partial charge in [-0.2, -0.15) is 0 Å². The second-order valence-corrected chi connectivity index (χ2v) is 9.09. The van der Waals surface area contributed by atoms with Crippen molar-refractivity contribution in [3.05, 3.63) is 64.6 Å². The number of likely N-dealkylation sites (tertiary alicyclic amines) is 1. The van der Waals surface area contributed by atoms with E-state index >= 15 is 0 Å². The Bertz CT molecular complexity index is 1240. The van der Waals surface area contributed by atoms with Crippen LogP contribution in [0.15, 0.2) is 42.9 Å². The molecule has 2 N–H and O–H groups in total. The van der Waals surface area contributed by atoms with Gasteiger partial charge in [0.1, 0.15) is 0 Å². The summed E-state index contributed by atoms with van der Waals surface area (Å²) in [7, 11) is 0. The molecule has 2 amide bonds. The minimum atomic E-state index is 0.149. The SMILES string of the molecule is CC1C=c2[nH]cc(CCNC=O)c2=CC1.CC1CCN(C(=O)c2cccc3cnccc23)C1. The van der Waals surface area contributed by atoms with Crippen LogP contribution in [0.3, 0.4) is 0 Å². The van der Waals surface area contributed by atoms with Gasteiger partial charge in [-0.25, -0.2) is 0 Å². The first-order valence-electron chi connectivity index (χ1n) is 11.7. The van der Waals surface area contributed by atoms with Crippen LogP contribution in [0.25, 0.3) is 22.9 Å². The van der Waals surface area contributed by atoms with E-state index in [-0.39, 0.29) is 5.91 Å². The molecule has 3 heterocycles. The highest BCUT2D eigenvalue weighted by Gasteiger charge is 2.25. The van der Waals surface area contributed by atoms with Crippen LogP contribution in [0, 0.1) is 11.8 Å². The molecule has 1 aromatic carbocycles. The zero-order valence-electron chi connectivity index (χ0n) is 19.4. The number of amides is 2. The monoisotopic (exact) mass is 444 g/mol. The number of rotatable bonds is 5. The lowest BCUT2D eigenvalue weighted by Gasteiger charge is -2.17. The van der Waals surface area contributed by atoms with Gasteiger partial charge in [0.2, 0.25) is 6.41 Å². The summed E-state index contributed by atoms with van der Waals surface area (Å²) in [4.78, 5) is 32.0. The van der Waals surface area contributed by atoms with Crippen molar-refractivity contribution in [1.82, 2.24) is 20.2 Å². The van der Waals surface area contributed by atoms with Gasteiger partial charge in [0, 0.05) is 54.5 Å². The molecule has 0 spiro atoms. The molecule has 2 unspecified atom stereocenters. The first-order chi connectivity index (χ1) is 16.1. The Labute approximate surface area is 194 Å². The molecule has 2 aliphatic rings. The number of carbonyl (C=O) groups is 2. The molecule has 5 rings (SSSR count). The van der Waals surface area contributed by atoms with E-state index in [4.69, 9.17) is 0 Å². The quantitative estimate of drug-likeness (QED) is 0.469. The van der Waals surface area contributed by atoms with Gasteiger partial charge in [0.05, 0.1) is 0 Å². The predicted molar refractivity (Wildman–Crippen MR) is 132 cm³/mol. The summed E-state index contributed by atoms with van der Waals surface area (Å²) in [6, 6.07) is 7.75. The van der Waals surface area contributed by atoms with E-state index in [1.165, 1.54) is 16.1 Å². The van der Waals surface area contributed by atoms with Crippen molar-refractivity contribution in [3.63, 3.8) is 0 Å². The fraction of sp³-hybridized carbons (Fsp3) is 0.370. The average molecular weight is 445 g/mol. The van der Waals surface area contributed by atoms with Crippen LogP contribution in [0.5, 0.6) is 0 Å². The van der Waals surface area contributed by atoms with E-state index in [0.717, 1.165) is 55.1 Å². The van der Waals surface area contributed by atoms with Crippen molar-refractivity contribution < 1.29 is 9.59 Å². The highest BCUT2D eigenvalue weighted by atomic mass is 16.2. The highest BCUT2D eigenvalue weighted by Crippen LogP contribution is 2.22. The number of hydrogen-bond acceptors (Lipinski definition) is 3. The van der Waals surface area contributed by atoms with Gasteiger partial charge in [-0.15, -0.1) is 0 Å². The summed E-state index contributed by atoms with van der Waals surface area (Å²) in [6.07, 6.45) is 14.0. The number of hydrogen-bond donors (Lipinski definition) is 2. The van der Waals surface area contributed by atoms with Gasteiger partial charge in [-0.3, -0.25) is 14.6 Å². The van der Waals surface area contributed by atoms with E-state index in [1.54, 1.807) is 12.4 Å². The Morgan fingerprint density at radius 3 is 2.97 bits per heavy atom. The van der Waals surface area contributed by atoms with Gasteiger partial charge < -0.3 is 15.2 Å². The van der Waals surface area contributed by atoms with E-state index in [1.807, 2.05) is 35.4 Å². The summed E-state index contributed by atoms with van der Waals surface area (Å²) in [6.45, 7) is 6.87. The van der Waals surface area contributed by atoms with E-state index in [0.29, 0.717) is 18.4 Å². The first-order valence-corrected chi connectivity index (χ1v) is 11.7. The molecule has 0 bridgehead atoms. The molecule has 172 valence electrons. The van der Waals surface area contributed by atoms with Crippen molar-refractivity contribution in [2.75, 3.05) is 19.6 Å². The van der Waals surface area contributed by atoms with Crippen molar-refractivity contribution >= 4 is 35.2 Å². The first kappa shape index (κ1) is 22.8. The third-order valence-corrected chi connectivity index (χ3v) is 6.43. The Morgan fingerprint density at radius 1 is 1.30 bits per heavy atom. The molecule has 0 radical (unpaired) electrons. The maximum Gasteiger partial charge on any atom is 0.254 e. The summed E-state index contributed by atoms with van der Waals surface area (Å²) in [5.41, 5.74) is 2.09. The molecule has 1 aliphatic carbocycles. The molecule has 1 saturated heterocycles. The van der Waals surface area contributed by atoms with Gasteiger partial charge in [0.15, 0.2) is 0 Å². The summed E-state index contributed by atoms with van der Waals surface area (Å²) >= 11 is 0. The maximum absolute atomic E-state index is 12.5. The van der Waals surface area contributed by atoms with E-state index in [9.17, 15) is 9.59 Å². The number of nitrogens with zero attached hydrogens (tertiary/aromatic N) is 2. The molecule has 6 nitrogen and oxygen atoms in total. The molecule has 6 heteroatoms. The average Bonchev–Trinajstić information content (AvgIpc) is 3.45. The fourth-order valence-corrected chi connectivity index (χ4v) is 4.60. The second kappa shape index (κ2) is 10.5. The molecule has 1 fully saturated rings. The molecular formula is C27H32N4O2. The number of pyridine rings is 1. The highest BCUT2D eigenvalue weighted by molar-refractivity contribution is 6.06.